The van der Waals surface area contributed by atoms with Crippen LogP contribution in [0, 0.1) is 5.92 Å². The van der Waals surface area contributed by atoms with Gasteiger partial charge in [-0.3, -0.25) is 14.4 Å². The average molecular weight is 565 g/mol. The topological polar surface area (TPSA) is 120 Å². The van der Waals surface area contributed by atoms with Crippen LogP contribution in [0.1, 0.15) is 77.0 Å². The highest BCUT2D eigenvalue weighted by molar-refractivity contribution is 6.01. The molecule has 3 rings (SSSR count). The number of fused-ring (bicyclic) bond motifs is 2. The molecule has 0 saturated carbocycles. The SMILES string of the molecule is CC.CCNC(=O)CCCC(=O)NCCC(=O)N1Cc2ccccc2/C(N(N)CC(C)C)=C(/NC)c2ccccc21. The van der Waals surface area contributed by atoms with E-state index in [0.29, 0.717) is 38.4 Å². The molecule has 0 saturated heterocycles. The minimum atomic E-state index is -0.163. The van der Waals surface area contributed by atoms with Crippen molar-refractivity contribution in [3.8, 4) is 0 Å². The third-order valence-electron chi connectivity index (χ3n) is 6.54. The van der Waals surface area contributed by atoms with E-state index in [-0.39, 0.29) is 37.1 Å². The van der Waals surface area contributed by atoms with Crippen molar-refractivity contribution in [1.82, 2.24) is 21.0 Å². The number of rotatable bonds is 12. The zero-order valence-electron chi connectivity index (χ0n) is 25.5. The Kier molecular flexibility index (Phi) is 13.9. The van der Waals surface area contributed by atoms with Crippen molar-refractivity contribution in [2.24, 2.45) is 11.8 Å². The molecule has 0 atom stereocenters. The fraction of sp³-hybridized carbons (Fsp3) is 0.469. The maximum Gasteiger partial charge on any atom is 0.229 e. The summed E-state index contributed by atoms with van der Waals surface area (Å²) in [7, 11) is 1.87. The number of hydrogen-bond donors (Lipinski definition) is 4. The van der Waals surface area contributed by atoms with Crippen molar-refractivity contribution in [2.75, 3.05) is 31.6 Å². The predicted molar refractivity (Wildman–Crippen MR) is 167 cm³/mol. The monoisotopic (exact) mass is 564 g/mol. The Labute approximate surface area is 245 Å². The zero-order valence-corrected chi connectivity index (χ0v) is 25.5. The van der Waals surface area contributed by atoms with Crippen molar-refractivity contribution < 1.29 is 14.4 Å². The number of benzene rings is 2. The molecule has 0 aromatic heterocycles. The molecule has 0 radical (unpaired) electrons. The normalized spacial score (nSPS) is 14.0. The van der Waals surface area contributed by atoms with Gasteiger partial charge in [-0.15, -0.1) is 0 Å². The van der Waals surface area contributed by atoms with E-state index in [2.05, 4.69) is 29.8 Å². The Morgan fingerprint density at radius 2 is 1.54 bits per heavy atom. The summed E-state index contributed by atoms with van der Waals surface area (Å²) in [6.07, 6.45) is 1.18. The number of nitrogens with two attached hydrogens (primary N) is 1. The number of hydrazine groups is 1. The first-order chi connectivity index (χ1) is 19.8. The Bertz CT molecular complexity index is 1190. The highest BCUT2D eigenvalue weighted by Gasteiger charge is 2.28. The Hall–Kier alpha value is -3.85. The summed E-state index contributed by atoms with van der Waals surface area (Å²) in [6, 6.07) is 15.8. The summed E-state index contributed by atoms with van der Waals surface area (Å²) >= 11 is 0. The molecule has 2 aromatic rings. The third kappa shape index (κ3) is 9.35. The van der Waals surface area contributed by atoms with Crippen LogP contribution in [0.2, 0.25) is 0 Å². The summed E-state index contributed by atoms with van der Waals surface area (Å²) in [5.41, 5.74) is 5.35. The van der Waals surface area contributed by atoms with Gasteiger partial charge in [-0.2, -0.15) is 0 Å². The van der Waals surface area contributed by atoms with E-state index in [4.69, 9.17) is 5.84 Å². The molecular weight excluding hydrogens is 516 g/mol. The van der Waals surface area contributed by atoms with E-state index in [1.807, 2.05) is 76.3 Å². The van der Waals surface area contributed by atoms with Crippen LogP contribution >= 0.6 is 0 Å². The van der Waals surface area contributed by atoms with Gasteiger partial charge in [0.15, 0.2) is 0 Å². The van der Waals surface area contributed by atoms with Crippen LogP contribution in [-0.2, 0) is 20.9 Å². The molecule has 0 bridgehead atoms. The highest BCUT2D eigenvalue weighted by atomic mass is 16.2. The fourth-order valence-corrected chi connectivity index (χ4v) is 4.81. The zero-order chi connectivity index (χ0) is 30.4. The van der Waals surface area contributed by atoms with Crippen LogP contribution in [0.25, 0.3) is 11.4 Å². The number of anilines is 1. The van der Waals surface area contributed by atoms with Crippen LogP contribution in [0.4, 0.5) is 5.69 Å². The molecule has 224 valence electrons. The smallest absolute Gasteiger partial charge is 0.229 e. The Morgan fingerprint density at radius 3 is 2.17 bits per heavy atom. The third-order valence-corrected chi connectivity index (χ3v) is 6.54. The van der Waals surface area contributed by atoms with Crippen molar-refractivity contribution >= 4 is 34.8 Å². The van der Waals surface area contributed by atoms with E-state index < -0.39 is 0 Å². The Balaban J connectivity index is 0.00000287. The number of para-hydroxylation sites is 1. The molecule has 9 heteroatoms. The van der Waals surface area contributed by atoms with Gasteiger partial charge in [-0.05, 0) is 30.9 Å². The molecule has 5 N–H and O–H groups in total. The van der Waals surface area contributed by atoms with Gasteiger partial charge in [0.1, 0.15) is 0 Å². The van der Waals surface area contributed by atoms with Crippen LogP contribution in [0.15, 0.2) is 48.5 Å². The van der Waals surface area contributed by atoms with Gasteiger partial charge < -0.3 is 25.9 Å². The molecule has 1 heterocycles. The molecule has 9 nitrogen and oxygen atoms in total. The number of nitrogens with one attached hydrogen (secondary N) is 3. The van der Waals surface area contributed by atoms with Gasteiger partial charge in [0.2, 0.25) is 17.7 Å². The largest absolute Gasteiger partial charge is 0.386 e. The van der Waals surface area contributed by atoms with Gasteiger partial charge >= 0.3 is 0 Å². The first-order valence-corrected chi connectivity index (χ1v) is 14.7. The lowest BCUT2D eigenvalue weighted by molar-refractivity contribution is -0.122. The molecule has 1 aliphatic rings. The maximum atomic E-state index is 13.6. The molecular formula is C32H48N6O3. The molecule has 2 aromatic carbocycles. The summed E-state index contributed by atoms with van der Waals surface area (Å²) < 4.78 is 0. The molecule has 0 fully saturated rings. The van der Waals surface area contributed by atoms with Crippen LogP contribution in [0.3, 0.4) is 0 Å². The van der Waals surface area contributed by atoms with Gasteiger partial charge in [-0.25, -0.2) is 5.84 Å². The number of hydrogen-bond acceptors (Lipinski definition) is 6. The van der Waals surface area contributed by atoms with E-state index in [9.17, 15) is 14.4 Å². The van der Waals surface area contributed by atoms with Crippen LogP contribution in [-0.4, -0.2) is 49.4 Å². The van der Waals surface area contributed by atoms with E-state index in [1.165, 1.54) is 0 Å². The first kappa shape index (κ1) is 33.4. The van der Waals surface area contributed by atoms with Crippen molar-refractivity contribution in [3.05, 3.63) is 65.2 Å². The lowest BCUT2D eigenvalue weighted by Crippen LogP contribution is -2.38. The van der Waals surface area contributed by atoms with E-state index in [1.54, 1.807) is 9.91 Å². The molecule has 0 spiro atoms. The summed E-state index contributed by atoms with van der Waals surface area (Å²) in [5, 5.41) is 10.7. The lowest BCUT2D eigenvalue weighted by Gasteiger charge is -2.34. The lowest BCUT2D eigenvalue weighted by atomic mass is 9.95. The Morgan fingerprint density at radius 1 is 0.927 bits per heavy atom. The molecule has 0 unspecified atom stereocenters. The quantitative estimate of drug-likeness (QED) is 0.226. The van der Waals surface area contributed by atoms with E-state index >= 15 is 0 Å². The summed E-state index contributed by atoms with van der Waals surface area (Å²) in [6.45, 7) is 12.0. The first-order valence-electron chi connectivity index (χ1n) is 14.7. The number of carbonyl (C=O) groups excluding carboxylic acids is 3. The number of nitrogens with zero attached hydrogens (tertiary/aromatic N) is 2. The van der Waals surface area contributed by atoms with E-state index in [0.717, 1.165) is 33.8 Å². The summed E-state index contributed by atoms with van der Waals surface area (Å²) in [4.78, 5) is 39.2. The van der Waals surface area contributed by atoms with Crippen molar-refractivity contribution in [3.63, 3.8) is 0 Å². The van der Waals surface area contributed by atoms with Crippen LogP contribution in [0.5, 0.6) is 0 Å². The molecule has 1 aliphatic heterocycles. The second-order valence-corrected chi connectivity index (χ2v) is 10.1. The van der Waals surface area contributed by atoms with Gasteiger partial charge in [0.25, 0.3) is 0 Å². The van der Waals surface area contributed by atoms with Gasteiger partial charge in [0, 0.05) is 57.1 Å². The summed E-state index contributed by atoms with van der Waals surface area (Å²) in [5.74, 6) is 6.70. The number of carbonyl (C=O) groups is 3. The van der Waals surface area contributed by atoms with Crippen molar-refractivity contribution in [2.45, 2.75) is 66.8 Å². The predicted octanol–water partition coefficient (Wildman–Crippen LogP) is 4.25. The second-order valence-electron chi connectivity index (χ2n) is 10.1. The highest BCUT2D eigenvalue weighted by Crippen LogP contribution is 2.37. The van der Waals surface area contributed by atoms with Gasteiger partial charge in [-0.1, -0.05) is 70.2 Å². The van der Waals surface area contributed by atoms with Gasteiger partial charge in [0.05, 0.1) is 23.6 Å². The average Bonchev–Trinajstić information content (AvgIpc) is 2.95. The second kappa shape index (κ2) is 17.1. The number of amides is 3. The minimum Gasteiger partial charge on any atom is -0.386 e. The maximum absolute atomic E-state index is 13.6. The molecule has 3 amide bonds. The standard InChI is InChI=1S/C30H42N6O3.C2H6/c1-5-33-26(37)15-10-16-27(38)34-18-17-28(39)35-20-22-11-6-7-12-23(22)30(36(31)19-21(2)3)29(32-4)24-13-8-9-14-25(24)35;1-2/h6-9,11-14,21,32H,5,10,15-20,31H2,1-4H3,(H,33,37)(H,34,38);1-2H3/b30-29-;. The van der Waals surface area contributed by atoms with Crippen LogP contribution < -0.4 is 26.7 Å². The molecule has 41 heavy (non-hydrogen) atoms. The minimum absolute atomic E-state index is 0.0587. The fourth-order valence-electron chi connectivity index (χ4n) is 4.81. The molecule has 0 aliphatic carbocycles. The van der Waals surface area contributed by atoms with Crippen molar-refractivity contribution in [1.29, 1.82) is 0 Å².